The van der Waals surface area contributed by atoms with Gasteiger partial charge in [-0.2, -0.15) is 4.98 Å². The number of pyridine rings is 1. The van der Waals surface area contributed by atoms with Crippen molar-refractivity contribution >= 4 is 5.82 Å². The van der Waals surface area contributed by atoms with Crippen LogP contribution in [-0.4, -0.2) is 15.1 Å². The fourth-order valence-corrected chi connectivity index (χ4v) is 2.61. The average Bonchev–Trinajstić information content (AvgIpc) is 3.18. The lowest BCUT2D eigenvalue weighted by Crippen LogP contribution is -2.01. The molecule has 0 saturated carbocycles. The molecule has 0 saturated heterocycles. The first kappa shape index (κ1) is 16.9. The van der Waals surface area contributed by atoms with Crippen molar-refractivity contribution in [3.05, 3.63) is 83.8 Å². The van der Waals surface area contributed by atoms with Crippen molar-refractivity contribution in [3.63, 3.8) is 0 Å². The molecule has 0 bridgehead atoms. The molecule has 6 heteroatoms. The number of nitrogens with zero attached hydrogens (tertiary/aromatic N) is 3. The van der Waals surface area contributed by atoms with Crippen molar-refractivity contribution in [2.75, 3.05) is 5.32 Å². The van der Waals surface area contributed by atoms with Crippen LogP contribution in [0.25, 0.3) is 22.8 Å². The Morgan fingerprint density at radius 2 is 1.85 bits per heavy atom. The summed E-state index contributed by atoms with van der Waals surface area (Å²) in [5.74, 6) is 1.09. The lowest BCUT2D eigenvalue weighted by molar-refractivity contribution is 0.432. The number of aromatic nitrogens is 3. The highest BCUT2D eigenvalue weighted by atomic mass is 19.1. The quantitative estimate of drug-likeness (QED) is 0.551. The molecule has 0 amide bonds. The Balaban J connectivity index is 1.45. The third-order valence-corrected chi connectivity index (χ3v) is 4.11. The van der Waals surface area contributed by atoms with E-state index in [1.54, 1.807) is 18.3 Å². The van der Waals surface area contributed by atoms with E-state index in [-0.39, 0.29) is 5.82 Å². The summed E-state index contributed by atoms with van der Waals surface area (Å²) in [4.78, 5) is 8.70. The first-order valence-corrected chi connectivity index (χ1v) is 8.53. The Kier molecular flexibility index (Phi) is 4.61. The molecule has 0 aliphatic rings. The first-order valence-electron chi connectivity index (χ1n) is 8.53. The number of benzene rings is 2. The normalized spacial score (nSPS) is 10.7. The van der Waals surface area contributed by atoms with Gasteiger partial charge >= 0.3 is 0 Å². The van der Waals surface area contributed by atoms with Crippen molar-refractivity contribution < 1.29 is 8.91 Å². The lowest BCUT2D eigenvalue weighted by atomic mass is 10.1. The molecular weight excluding hydrogens is 343 g/mol. The van der Waals surface area contributed by atoms with Gasteiger partial charge in [0.05, 0.1) is 5.56 Å². The van der Waals surface area contributed by atoms with Gasteiger partial charge in [0.25, 0.3) is 5.89 Å². The summed E-state index contributed by atoms with van der Waals surface area (Å²) in [5.41, 5.74) is 3.68. The molecule has 2 aromatic heterocycles. The van der Waals surface area contributed by atoms with Crippen LogP contribution < -0.4 is 5.32 Å². The zero-order valence-corrected chi connectivity index (χ0v) is 14.7. The minimum Gasteiger partial charge on any atom is -0.366 e. The van der Waals surface area contributed by atoms with Gasteiger partial charge in [-0.3, -0.25) is 0 Å². The van der Waals surface area contributed by atoms with Crippen molar-refractivity contribution in [1.29, 1.82) is 0 Å². The van der Waals surface area contributed by atoms with Crippen molar-refractivity contribution in [2.24, 2.45) is 0 Å². The maximum absolute atomic E-state index is 13.3. The van der Waals surface area contributed by atoms with E-state index in [1.807, 2.05) is 12.1 Å². The molecule has 5 nitrogen and oxygen atoms in total. The zero-order valence-electron chi connectivity index (χ0n) is 14.7. The van der Waals surface area contributed by atoms with Crippen LogP contribution in [0.5, 0.6) is 0 Å². The second kappa shape index (κ2) is 7.37. The summed E-state index contributed by atoms with van der Waals surface area (Å²) in [6.45, 7) is 2.76. The molecule has 0 aliphatic carbocycles. The van der Waals surface area contributed by atoms with Gasteiger partial charge in [-0.1, -0.05) is 47.1 Å². The second-order valence-corrected chi connectivity index (χ2v) is 6.20. The Morgan fingerprint density at radius 1 is 1.00 bits per heavy atom. The number of rotatable bonds is 5. The number of anilines is 1. The highest BCUT2D eigenvalue weighted by Crippen LogP contribution is 2.23. The molecule has 4 rings (SSSR count). The Labute approximate surface area is 155 Å². The van der Waals surface area contributed by atoms with Crippen molar-refractivity contribution in [2.45, 2.75) is 13.5 Å². The molecule has 0 fully saturated rings. The van der Waals surface area contributed by atoms with Crippen molar-refractivity contribution in [3.8, 4) is 22.8 Å². The molecule has 4 aromatic rings. The molecule has 2 aromatic carbocycles. The maximum atomic E-state index is 13.3. The maximum Gasteiger partial charge on any atom is 0.259 e. The smallest absolute Gasteiger partial charge is 0.259 e. The highest BCUT2D eigenvalue weighted by molar-refractivity contribution is 5.60. The van der Waals surface area contributed by atoms with Gasteiger partial charge in [-0.15, -0.1) is 0 Å². The van der Waals surface area contributed by atoms with Gasteiger partial charge < -0.3 is 9.84 Å². The SMILES string of the molecule is Cc1ccc(CNc2ccc(-c3nc(-c4cccc(F)c4)no3)cn2)cc1. The lowest BCUT2D eigenvalue weighted by Gasteiger charge is -2.06. The third kappa shape index (κ3) is 4.00. The molecule has 1 N–H and O–H groups in total. The third-order valence-electron chi connectivity index (χ3n) is 4.11. The van der Waals surface area contributed by atoms with Crippen LogP contribution in [0.3, 0.4) is 0 Å². The fourth-order valence-electron chi connectivity index (χ4n) is 2.61. The molecule has 0 spiro atoms. The summed E-state index contributed by atoms with van der Waals surface area (Å²) >= 11 is 0. The predicted molar refractivity (Wildman–Crippen MR) is 101 cm³/mol. The van der Waals surface area contributed by atoms with E-state index in [9.17, 15) is 4.39 Å². The van der Waals surface area contributed by atoms with E-state index < -0.39 is 0 Å². The number of hydrogen-bond donors (Lipinski definition) is 1. The topological polar surface area (TPSA) is 63.8 Å². The number of aryl methyl sites for hydroxylation is 1. The summed E-state index contributed by atoms with van der Waals surface area (Å²) in [5, 5.41) is 7.19. The van der Waals surface area contributed by atoms with Crippen LogP contribution in [0, 0.1) is 12.7 Å². The molecule has 0 aliphatic heterocycles. The molecule has 134 valence electrons. The Hall–Kier alpha value is -3.54. The summed E-state index contributed by atoms with van der Waals surface area (Å²) in [6, 6.07) is 18.1. The van der Waals surface area contributed by atoms with Gasteiger partial charge in [0.2, 0.25) is 5.82 Å². The molecular formula is C21H17FN4O. The van der Waals surface area contributed by atoms with Gasteiger partial charge in [-0.05, 0) is 36.8 Å². The average molecular weight is 360 g/mol. The largest absolute Gasteiger partial charge is 0.366 e. The zero-order chi connectivity index (χ0) is 18.6. The van der Waals surface area contributed by atoms with Crippen LogP contribution in [0.1, 0.15) is 11.1 Å². The van der Waals surface area contributed by atoms with E-state index >= 15 is 0 Å². The number of hydrogen-bond acceptors (Lipinski definition) is 5. The van der Waals surface area contributed by atoms with E-state index in [2.05, 4.69) is 51.6 Å². The molecule has 0 atom stereocenters. The standard InChI is InChI=1S/C21H17FN4O/c1-14-5-7-15(8-6-14)12-23-19-10-9-17(13-24-19)21-25-20(26-27-21)16-3-2-4-18(22)11-16/h2-11,13H,12H2,1H3,(H,23,24). The van der Waals surface area contributed by atoms with Gasteiger partial charge in [-0.25, -0.2) is 9.37 Å². The predicted octanol–water partition coefficient (Wildman–Crippen LogP) is 4.86. The Morgan fingerprint density at radius 3 is 2.59 bits per heavy atom. The monoisotopic (exact) mass is 360 g/mol. The van der Waals surface area contributed by atoms with E-state index in [0.717, 1.165) is 5.82 Å². The van der Waals surface area contributed by atoms with E-state index in [0.29, 0.717) is 29.4 Å². The molecule has 27 heavy (non-hydrogen) atoms. The summed E-state index contributed by atoms with van der Waals surface area (Å²) in [7, 11) is 0. The Bertz CT molecular complexity index is 1040. The van der Waals surface area contributed by atoms with E-state index in [1.165, 1.54) is 23.3 Å². The molecule has 0 unspecified atom stereocenters. The first-order chi connectivity index (χ1) is 13.2. The fraction of sp³-hybridized carbons (Fsp3) is 0.0952. The molecule has 2 heterocycles. The van der Waals surface area contributed by atoms with Crippen LogP contribution >= 0.6 is 0 Å². The van der Waals surface area contributed by atoms with Crippen LogP contribution in [0.2, 0.25) is 0 Å². The van der Waals surface area contributed by atoms with Gasteiger partial charge in [0, 0.05) is 18.3 Å². The van der Waals surface area contributed by atoms with Crippen LogP contribution in [0.15, 0.2) is 71.4 Å². The minimum atomic E-state index is -0.343. The van der Waals surface area contributed by atoms with E-state index in [4.69, 9.17) is 4.52 Å². The van der Waals surface area contributed by atoms with Gasteiger partial charge in [0.15, 0.2) is 0 Å². The summed E-state index contributed by atoms with van der Waals surface area (Å²) in [6.07, 6.45) is 1.67. The number of nitrogens with one attached hydrogen (secondary N) is 1. The molecule has 0 radical (unpaired) electrons. The van der Waals surface area contributed by atoms with Crippen LogP contribution in [-0.2, 0) is 6.54 Å². The summed E-state index contributed by atoms with van der Waals surface area (Å²) < 4.78 is 18.6. The highest BCUT2D eigenvalue weighted by Gasteiger charge is 2.11. The number of halogens is 1. The van der Waals surface area contributed by atoms with Crippen LogP contribution in [0.4, 0.5) is 10.2 Å². The second-order valence-electron chi connectivity index (χ2n) is 6.20. The van der Waals surface area contributed by atoms with Crippen molar-refractivity contribution in [1.82, 2.24) is 15.1 Å². The minimum absolute atomic E-state index is 0.339. The van der Waals surface area contributed by atoms with Gasteiger partial charge in [0.1, 0.15) is 11.6 Å².